The lowest BCUT2D eigenvalue weighted by atomic mass is 9.84. The van der Waals surface area contributed by atoms with Crippen molar-refractivity contribution >= 4 is 0 Å². The van der Waals surface area contributed by atoms with Crippen LogP contribution in [0.3, 0.4) is 0 Å². The quantitative estimate of drug-likeness (QED) is 0.807. The highest BCUT2D eigenvalue weighted by atomic mass is 19.1. The van der Waals surface area contributed by atoms with E-state index in [9.17, 15) is 9.50 Å². The van der Waals surface area contributed by atoms with E-state index in [1.165, 1.54) is 6.07 Å². The summed E-state index contributed by atoms with van der Waals surface area (Å²) in [7, 11) is 0. The molecule has 2 nitrogen and oxygen atoms in total. The predicted molar refractivity (Wildman–Crippen MR) is 53.2 cm³/mol. The first kappa shape index (κ1) is 11.1. The summed E-state index contributed by atoms with van der Waals surface area (Å²) >= 11 is 0. The third kappa shape index (κ3) is 1.93. The molecule has 78 valence electrons. The van der Waals surface area contributed by atoms with Gasteiger partial charge in [-0.25, -0.2) is 4.39 Å². The van der Waals surface area contributed by atoms with Gasteiger partial charge in [-0.15, -0.1) is 0 Å². The Balaban J connectivity index is 3.06. The fourth-order valence-electron chi connectivity index (χ4n) is 1.52. The van der Waals surface area contributed by atoms with Crippen LogP contribution in [-0.2, 0) is 5.60 Å². The van der Waals surface area contributed by atoms with Crippen molar-refractivity contribution in [2.45, 2.75) is 32.8 Å². The fourth-order valence-corrected chi connectivity index (χ4v) is 1.52. The molecule has 1 aromatic heterocycles. The lowest BCUT2D eigenvalue weighted by Gasteiger charge is -2.30. The molecular weight excluding hydrogens is 181 g/mol. The predicted octanol–water partition coefficient (Wildman–Crippen LogP) is 2.47. The number of rotatable bonds is 3. The van der Waals surface area contributed by atoms with Crippen LogP contribution in [0.1, 0.15) is 32.9 Å². The van der Waals surface area contributed by atoms with E-state index in [-0.39, 0.29) is 11.7 Å². The van der Waals surface area contributed by atoms with Crippen LogP contribution in [0.25, 0.3) is 0 Å². The third-order valence-electron chi connectivity index (χ3n) is 2.67. The van der Waals surface area contributed by atoms with Gasteiger partial charge in [-0.1, -0.05) is 20.8 Å². The topological polar surface area (TPSA) is 33.1 Å². The van der Waals surface area contributed by atoms with Gasteiger partial charge in [-0.05, 0) is 24.5 Å². The molecule has 0 bridgehead atoms. The van der Waals surface area contributed by atoms with Gasteiger partial charge in [0, 0.05) is 0 Å². The molecule has 0 radical (unpaired) electrons. The zero-order valence-corrected chi connectivity index (χ0v) is 8.79. The van der Waals surface area contributed by atoms with E-state index in [4.69, 9.17) is 0 Å². The Kier molecular flexibility index (Phi) is 3.21. The van der Waals surface area contributed by atoms with Gasteiger partial charge in [0.25, 0.3) is 0 Å². The first-order valence-corrected chi connectivity index (χ1v) is 4.85. The molecule has 1 atom stereocenters. The second-order valence-electron chi connectivity index (χ2n) is 3.79. The van der Waals surface area contributed by atoms with Gasteiger partial charge in [-0.2, -0.15) is 0 Å². The minimum Gasteiger partial charge on any atom is -0.383 e. The number of aromatic nitrogens is 1. The maximum Gasteiger partial charge on any atom is 0.141 e. The molecule has 0 aromatic carbocycles. The lowest BCUT2D eigenvalue weighted by Crippen LogP contribution is -2.32. The van der Waals surface area contributed by atoms with Crippen molar-refractivity contribution in [1.29, 1.82) is 0 Å². The van der Waals surface area contributed by atoms with Crippen molar-refractivity contribution in [2.24, 2.45) is 5.92 Å². The van der Waals surface area contributed by atoms with Gasteiger partial charge in [-0.3, -0.25) is 4.98 Å². The summed E-state index contributed by atoms with van der Waals surface area (Å²) in [5, 5.41) is 10.3. The van der Waals surface area contributed by atoms with Crippen LogP contribution >= 0.6 is 0 Å². The summed E-state index contributed by atoms with van der Waals surface area (Å²) in [6, 6.07) is 2.87. The van der Waals surface area contributed by atoms with Crippen molar-refractivity contribution < 1.29 is 9.50 Å². The molecule has 1 rings (SSSR count). The van der Waals surface area contributed by atoms with Crippen LogP contribution in [0.5, 0.6) is 0 Å². The zero-order valence-electron chi connectivity index (χ0n) is 8.79. The molecule has 0 aliphatic carbocycles. The smallest absolute Gasteiger partial charge is 0.141 e. The third-order valence-corrected chi connectivity index (χ3v) is 2.67. The Morgan fingerprint density at radius 2 is 2.14 bits per heavy atom. The molecule has 0 aliphatic rings. The second kappa shape index (κ2) is 4.05. The maximum atomic E-state index is 12.6. The molecule has 14 heavy (non-hydrogen) atoms. The molecule has 1 aromatic rings. The Morgan fingerprint density at radius 3 is 2.50 bits per heavy atom. The number of hydrogen-bond acceptors (Lipinski definition) is 2. The van der Waals surface area contributed by atoms with E-state index in [0.717, 1.165) is 6.20 Å². The molecule has 0 aliphatic heterocycles. The summed E-state index contributed by atoms with van der Waals surface area (Å²) in [6.07, 6.45) is 1.71. The average molecular weight is 197 g/mol. The molecule has 1 heterocycles. The molecule has 0 saturated heterocycles. The molecular formula is C11H16FNO. The number of hydrogen-bond donors (Lipinski definition) is 1. The summed E-state index contributed by atoms with van der Waals surface area (Å²) in [5.74, 6) is -0.318. The maximum absolute atomic E-state index is 12.6. The first-order valence-electron chi connectivity index (χ1n) is 4.85. The molecule has 0 fully saturated rings. The highest BCUT2D eigenvalue weighted by Crippen LogP contribution is 2.31. The minimum atomic E-state index is -0.951. The summed E-state index contributed by atoms with van der Waals surface area (Å²) < 4.78 is 12.6. The highest BCUT2D eigenvalue weighted by molar-refractivity contribution is 5.14. The van der Waals surface area contributed by atoms with Crippen molar-refractivity contribution in [2.75, 3.05) is 0 Å². The van der Waals surface area contributed by atoms with Gasteiger partial charge in [0.1, 0.15) is 11.4 Å². The Labute approximate surface area is 83.8 Å². The van der Waals surface area contributed by atoms with Crippen molar-refractivity contribution in [3.8, 4) is 0 Å². The van der Waals surface area contributed by atoms with Crippen LogP contribution in [0.2, 0.25) is 0 Å². The van der Waals surface area contributed by atoms with Gasteiger partial charge in [0.2, 0.25) is 0 Å². The SMILES string of the molecule is CCC(O)(c1ccc(F)cn1)C(C)C. The molecule has 3 heteroatoms. The van der Waals surface area contributed by atoms with Crippen LogP contribution < -0.4 is 0 Å². The van der Waals surface area contributed by atoms with Gasteiger partial charge in [0.05, 0.1) is 11.9 Å². The van der Waals surface area contributed by atoms with Crippen molar-refractivity contribution in [3.63, 3.8) is 0 Å². The largest absolute Gasteiger partial charge is 0.383 e. The molecule has 0 amide bonds. The highest BCUT2D eigenvalue weighted by Gasteiger charge is 2.32. The van der Waals surface area contributed by atoms with E-state index in [2.05, 4.69) is 4.98 Å². The monoisotopic (exact) mass is 197 g/mol. The number of halogens is 1. The average Bonchev–Trinajstić information content (AvgIpc) is 2.17. The van der Waals surface area contributed by atoms with E-state index < -0.39 is 5.60 Å². The summed E-state index contributed by atoms with van der Waals surface area (Å²) in [5.41, 5.74) is -0.412. The van der Waals surface area contributed by atoms with E-state index in [0.29, 0.717) is 12.1 Å². The normalized spacial score (nSPS) is 15.6. The number of pyridine rings is 1. The summed E-state index contributed by atoms with van der Waals surface area (Å²) in [6.45, 7) is 5.74. The first-order chi connectivity index (χ1) is 6.50. The van der Waals surface area contributed by atoms with Gasteiger partial charge < -0.3 is 5.11 Å². The Bertz CT molecular complexity index is 297. The van der Waals surface area contributed by atoms with Gasteiger partial charge in [0.15, 0.2) is 0 Å². The van der Waals surface area contributed by atoms with E-state index in [1.54, 1.807) is 6.07 Å². The molecule has 0 spiro atoms. The molecule has 0 saturated carbocycles. The van der Waals surface area contributed by atoms with Crippen LogP contribution in [0, 0.1) is 11.7 Å². The van der Waals surface area contributed by atoms with Crippen LogP contribution in [0.4, 0.5) is 4.39 Å². The minimum absolute atomic E-state index is 0.0606. The zero-order chi connectivity index (χ0) is 10.8. The Morgan fingerprint density at radius 1 is 1.50 bits per heavy atom. The second-order valence-corrected chi connectivity index (χ2v) is 3.79. The van der Waals surface area contributed by atoms with E-state index in [1.807, 2.05) is 20.8 Å². The number of nitrogens with zero attached hydrogens (tertiary/aromatic N) is 1. The number of aliphatic hydroxyl groups is 1. The van der Waals surface area contributed by atoms with E-state index >= 15 is 0 Å². The van der Waals surface area contributed by atoms with Crippen molar-refractivity contribution in [3.05, 3.63) is 29.8 Å². The molecule has 1 unspecified atom stereocenters. The van der Waals surface area contributed by atoms with Crippen molar-refractivity contribution in [1.82, 2.24) is 4.98 Å². The summed E-state index contributed by atoms with van der Waals surface area (Å²) in [4.78, 5) is 3.92. The standard InChI is InChI=1S/C11H16FNO/c1-4-11(14,8(2)3)10-6-5-9(12)7-13-10/h5-8,14H,4H2,1-3H3. The Hall–Kier alpha value is -0.960. The van der Waals surface area contributed by atoms with Crippen LogP contribution in [-0.4, -0.2) is 10.1 Å². The fraction of sp³-hybridized carbons (Fsp3) is 0.545. The molecule has 1 N–H and O–H groups in total. The van der Waals surface area contributed by atoms with Gasteiger partial charge >= 0.3 is 0 Å². The van der Waals surface area contributed by atoms with Crippen LogP contribution in [0.15, 0.2) is 18.3 Å². The lowest BCUT2D eigenvalue weighted by molar-refractivity contribution is -0.0181.